The standard InChI is InChI=1S/C22H33N3O2/c1-16(2)21(26)24-12-10-18(11-13-24)22(27)25-14-9-17(3)15-20(25)23-19-7-5-4-6-8-19/h9,14-16,18-19H,4-8,10-13H2,1-3H3. The van der Waals surface area contributed by atoms with Crippen LogP contribution in [-0.2, 0) is 4.79 Å². The van der Waals surface area contributed by atoms with Crippen LogP contribution in [0.25, 0.3) is 0 Å². The highest BCUT2D eigenvalue weighted by atomic mass is 16.2. The second-order valence-corrected chi connectivity index (χ2v) is 8.45. The van der Waals surface area contributed by atoms with E-state index in [9.17, 15) is 9.59 Å². The summed E-state index contributed by atoms with van der Waals surface area (Å²) in [7, 11) is 0. The molecule has 1 saturated heterocycles. The van der Waals surface area contributed by atoms with Crippen molar-refractivity contribution in [3.63, 3.8) is 0 Å². The van der Waals surface area contributed by atoms with Gasteiger partial charge < -0.3 is 4.90 Å². The van der Waals surface area contributed by atoms with Crippen molar-refractivity contribution in [3.8, 4) is 0 Å². The van der Waals surface area contributed by atoms with E-state index in [4.69, 9.17) is 4.99 Å². The van der Waals surface area contributed by atoms with Crippen LogP contribution in [0.15, 0.2) is 23.3 Å². The Bertz CT molecular complexity index is 736. The van der Waals surface area contributed by atoms with Crippen molar-refractivity contribution < 1.29 is 9.59 Å². The highest BCUT2D eigenvalue weighted by Crippen LogP contribution is 2.21. The van der Waals surface area contributed by atoms with E-state index < -0.39 is 0 Å². The molecule has 0 radical (unpaired) electrons. The number of carbonyl (C=O) groups is 2. The van der Waals surface area contributed by atoms with Crippen LogP contribution in [0, 0.1) is 18.8 Å². The maximum Gasteiger partial charge on any atom is 0.235 e. The Labute approximate surface area is 162 Å². The highest BCUT2D eigenvalue weighted by Gasteiger charge is 2.29. The zero-order valence-electron chi connectivity index (χ0n) is 17.0. The van der Waals surface area contributed by atoms with Crippen molar-refractivity contribution in [1.29, 1.82) is 0 Å². The molecule has 1 aliphatic carbocycles. The van der Waals surface area contributed by atoms with E-state index in [1.807, 2.05) is 44.0 Å². The summed E-state index contributed by atoms with van der Waals surface area (Å²) < 4.78 is 1.76. The predicted octanol–water partition coefficient (Wildman–Crippen LogP) is 3.56. The number of likely N-dealkylation sites (tertiary alicyclic amines) is 1. The normalized spacial score (nSPS) is 20.3. The number of pyridine rings is 1. The van der Waals surface area contributed by atoms with Crippen LogP contribution in [0.2, 0.25) is 0 Å². The molecule has 5 heteroatoms. The molecule has 1 aromatic rings. The van der Waals surface area contributed by atoms with Gasteiger partial charge in [-0.2, -0.15) is 0 Å². The van der Waals surface area contributed by atoms with E-state index in [1.165, 1.54) is 19.3 Å². The van der Waals surface area contributed by atoms with Gasteiger partial charge in [-0.15, -0.1) is 0 Å². The molecule has 0 aromatic carbocycles. The quantitative estimate of drug-likeness (QED) is 0.816. The van der Waals surface area contributed by atoms with Crippen molar-refractivity contribution in [2.24, 2.45) is 16.8 Å². The van der Waals surface area contributed by atoms with E-state index in [0.29, 0.717) is 19.1 Å². The third-order valence-electron chi connectivity index (χ3n) is 5.87. The van der Waals surface area contributed by atoms with Crippen LogP contribution in [0.4, 0.5) is 0 Å². The SMILES string of the molecule is Cc1ccn(C(=O)C2CCN(C(=O)C(C)C)CC2)c(=NC2CCCCC2)c1. The van der Waals surface area contributed by atoms with E-state index >= 15 is 0 Å². The Morgan fingerprint density at radius 2 is 1.74 bits per heavy atom. The molecule has 0 atom stereocenters. The fraction of sp³-hybridized carbons (Fsp3) is 0.682. The van der Waals surface area contributed by atoms with Gasteiger partial charge in [0.1, 0.15) is 5.49 Å². The zero-order chi connectivity index (χ0) is 19.4. The maximum atomic E-state index is 13.2. The first-order valence-electron chi connectivity index (χ1n) is 10.5. The number of carbonyl (C=O) groups excluding carboxylic acids is 2. The molecule has 2 heterocycles. The van der Waals surface area contributed by atoms with Crippen molar-refractivity contribution in [2.45, 2.75) is 71.8 Å². The van der Waals surface area contributed by atoms with Crippen LogP contribution >= 0.6 is 0 Å². The molecule has 0 spiro atoms. The van der Waals surface area contributed by atoms with E-state index in [2.05, 4.69) is 0 Å². The van der Waals surface area contributed by atoms with Crippen molar-refractivity contribution in [2.75, 3.05) is 13.1 Å². The largest absolute Gasteiger partial charge is 0.342 e. The minimum Gasteiger partial charge on any atom is -0.342 e. The fourth-order valence-electron chi connectivity index (χ4n) is 4.18. The molecule has 1 amide bonds. The Morgan fingerprint density at radius 3 is 2.37 bits per heavy atom. The number of hydrogen-bond acceptors (Lipinski definition) is 3. The minimum absolute atomic E-state index is 0.0182. The molecule has 1 aromatic heterocycles. The molecule has 0 N–H and O–H groups in total. The van der Waals surface area contributed by atoms with E-state index in [1.54, 1.807) is 4.57 Å². The van der Waals surface area contributed by atoms with Gasteiger partial charge in [-0.1, -0.05) is 33.1 Å². The van der Waals surface area contributed by atoms with Gasteiger partial charge in [0.15, 0.2) is 0 Å². The first kappa shape index (κ1) is 19.8. The summed E-state index contributed by atoms with van der Waals surface area (Å²) in [6, 6.07) is 4.35. The van der Waals surface area contributed by atoms with Crippen LogP contribution in [0.3, 0.4) is 0 Å². The number of aryl methyl sites for hydroxylation is 1. The van der Waals surface area contributed by atoms with Crippen molar-refractivity contribution in [3.05, 3.63) is 29.4 Å². The Balaban J connectivity index is 1.75. The molecule has 0 bridgehead atoms. The van der Waals surface area contributed by atoms with Crippen LogP contribution < -0.4 is 5.49 Å². The van der Waals surface area contributed by atoms with Gasteiger partial charge in [0.05, 0.1) is 6.04 Å². The van der Waals surface area contributed by atoms with E-state index in [-0.39, 0.29) is 23.7 Å². The number of nitrogens with zero attached hydrogens (tertiary/aromatic N) is 3. The minimum atomic E-state index is -0.0331. The monoisotopic (exact) mass is 371 g/mol. The second-order valence-electron chi connectivity index (χ2n) is 8.45. The average molecular weight is 372 g/mol. The topological polar surface area (TPSA) is 54.7 Å². The highest BCUT2D eigenvalue weighted by molar-refractivity contribution is 5.82. The van der Waals surface area contributed by atoms with Gasteiger partial charge in [-0.05, 0) is 50.3 Å². The van der Waals surface area contributed by atoms with Gasteiger partial charge in [-0.3, -0.25) is 19.1 Å². The summed E-state index contributed by atoms with van der Waals surface area (Å²) in [6.45, 7) is 7.26. The molecule has 3 rings (SSSR count). The van der Waals surface area contributed by atoms with Gasteiger partial charge in [-0.25, -0.2) is 0 Å². The van der Waals surface area contributed by atoms with Crippen molar-refractivity contribution in [1.82, 2.24) is 9.47 Å². The summed E-state index contributed by atoms with van der Waals surface area (Å²) in [6.07, 6.45) is 9.36. The van der Waals surface area contributed by atoms with E-state index in [0.717, 1.165) is 36.7 Å². The summed E-state index contributed by atoms with van der Waals surface area (Å²) in [5.74, 6) is 0.303. The predicted molar refractivity (Wildman–Crippen MR) is 106 cm³/mol. The molecule has 1 aliphatic heterocycles. The van der Waals surface area contributed by atoms with Gasteiger partial charge >= 0.3 is 0 Å². The lowest BCUT2D eigenvalue weighted by Crippen LogP contribution is -2.44. The summed E-state index contributed by atoms with van der Waals surface area (Å²) in [5.41, 5.74) is 1.93. The van der Waals surface area contributed by atoms with Gasteiger partial charge in [0.25, 0.3) is 0 Å². The molecule has 0 unspecified atom stereocenters. The Hall–Kier alpha value is -1.91. The second kappa shape index (κ2) is 8.85. The molecule has 1 saturated carbocycles. The number of aromatic nitrogens is 1. The molecule has 27 heavy (non-hydrogen) atoms. The zero-order valence-corrected chi connectivity index (χ0v) is 17.0. The number of rotatable bonds is 3. The van der Waals surface area contributed by atoms with Crippen molar-refractivity contribution >= 4 is 11.8 Å². The first-order valence-corrected chi connectivity index (χ1v) is 10.5. The Morgan fingerprint density at radius 1 is 1.07 bits per heavy atom. The molecular formula is C22H33N3O2. The Kier molecular flexibility index (Phi) is 6.51. The molecular weight excluding hydrogens is 338 g/mol. The fourth-order valence-corrected chi connectivity index (χ4v) is 4.18. The number of hydrogen-bond donors (Lipinski definition) is 0. The third-order valence-corrected chi connectivity index (χ3v) is 5.87. The van der Waals surface area contributed by atoms with Crippen LogP contribution in [0.1, 0.15) is 69.2 Å². The average Bonchev–Trinajstić information content (AvgIpc) is 2.68. The number of amides is 1. The van der Waals surface area contributed by atoms with Crippen LogP contribution in [-0.4, -0.2) is 40.4 Å². The lowest BCUT2D eigenvalue weighted by Gasteiger charge is -2.32. The lowest BCUT2D eigenvalue weighted by molar-refractivity contribution is -0.135. The first-order chi connectivity index (χ1) is 13.0. The van der Waals surface area contributed by atoms with Gasteiger partial charge in [0, 0.05) is 31.1 Å². The summed E-state index contributed by atoms with van der Waals surface area (Å²) in [5, 5.41) is 0. The number of piperidine rings is 1. The lowest BCUT2D eigenvalue weighted by atomic mass is 9.94. The third kappa shape index (κ3) is 4.88. The molecule has 148 valence electrons. The maximum absolute atomic E-state index is 13.2. The summed E-state index contributed by atoms with van der Waals surface area (Å²) in [4.78, 5) is 32.2. The van der Waals surface area contributed by atoms with Crippen LogP contribution in [0.5, 0.6) is 0 Å². The molecule has 5 nitrogen and oxygen atoms in total. The summed E-state index contributed by atoms with van der Waals surface area (Å²) >= 11 is 0. The smallest absolute Gasteiger partial charge is 0.235 e. The molecule has 2 fully saturated rings. The van der Waals surface area contributed by atoms with Gasteiger partial charge in [0.2, 0.25) is 11.8 Å². The molecule has 2 aliphatic rings.